The molecule has 1 heterocycles. The molecule has 2 aromatic rings. The molecule has 1 atom stereocenters. The summed E-state index contributed by atoms with van der Waals surface area (Å²) in [5.41, 5.74) is 1.30. The number of hydrogen-bond donors (Lipinski definition) is 1. The quantitative estimate of drug-likeness (QED) is 0.868. The second kappa shape index (κ2) is 4.84. The smallest absolute Gasteiger partial charge is 0.124 e. The fourth-order valence-corrected chi connectivity index (χ4v) is 2.35. The molecular formula is C15H19N3. The van der Waals surface area contributed by atoms with Gasteiger partial charge in [0.05, 0.1) is 12.2 Å². The summed E-state index contributed by atoms with van der Waals surface area (Å²) in [5.74, 6) is 1.94. The molecule has 3 rings (SSSR count). The molecule has 0 spiro atoms. The highest BCUT2D eigenvalue weighted by atomic mass is 15.3. The van der Waals surface area contributed by atoms with E-state index >= 15 is 0 Å². The fourth-order valence-electron chi connectivity index (χ4n) is 2.35. The molecule has 0 saturated heterocycles. The van der Waals surface area contributed by atoms with E-state index in [2.05, 4.69) is 52.4 Å². The minimum atomic E-state index is 0.512. The topological polar surface area (TPSA) is 29.9 Å². The van der Waals surface area contributed by atoms with E-state index in [0.29, 0.717) is 6.04 Å². The zero-order valence-corrected chi connectivity index (χ0v) is 10.7. The Hall–Kier alpha value is -1.77. The van der Waals surface area contributed by atoms with Gasteiger partial charge in [-0.25, -0.2) is 4.68 Å². The predicted molar refractivity (Wildman–Crippen MR) is 73.4 cm³/mol. The Balaban J connectivity index is 1.67. The maximum Gasteiger partial charge on any atom is 0.124 e. The molecule has 3 heteroatoms. The number of rotatable bonds is 5. The molecule has 1 aromatic heterocycles. The zero-order chi connectivity index (χ0) is 12.4. The number of anilines is 1. The second-order valence-corrected chi connectivity index (χ2v) is 5.08. The molecule has 0 aliphatic heterocycles. The fraction of sp³-hybridized carbons (Fsp3) is 0.400. The van der Waals surface area contributed by atoms with Crippen LogP contribution in [0.15, 0.2) is 42.6 Å². The molecule has 0 radical (unpaired) electrons. The van der Waals surface area contributed by atoms with Gasteiger partial charge in [0.2, 0.25) is 0 Å². The minimum absolute atomic E-state index is 0.512. The van der Waals surface area contributed by atoms with Gasteiger partial charge in [-0.05, 0) is 31.2 Å². The van der Waals surface area contributed by atoms with E-state index < -0.39 is 0 Å². The molecule has 1 aliphatic rings. The van der Waals surface area contributed by atoms with Crippen LogP contribution in [0.3, 0.4) is 0 Å². The Labute approximate surface area is 108 Å². The van der Waals surface area contributed by atoms with Gasteiger partial charge in [0.25, 0.3) is 0 Å². The van der Waals surface area contributed by atoms with Gasteiger partial charge in [-0.2, -0.15) is 5.10 Å². The van der Waals surface area contributed by atoms with Crippen molar-refractivity contribution in [2.75, 3.05) is 5.32 Å². The molecule has 1 saturated carbocycles. The lowest BCUT2D eigenvalue weighted by Gasteiger charge is -2.16. The Bertz CT molecular complexity index is 499. The van der Waals surface area contributed by atoms with Gasteiger partial charge in [-0.15, -0.1) is 0 Å². The van der Waals surface area contributed by atoms with Crippen molar-refractivity contribution in [1.82, 2.24) is 9.78 Å². The van der Waals surface area contributed by atoms with Gasteiger partial charge in [-0.3, -0.25) is 0 Å². The summed E-state index contributed by atoms with van der Waals surface area (Å²) in [6, 6.07) is 13.0. The van der Waals surface area contributed by atoms with Gasteiger partial charge in [0.1, 0.15) is 5.82 Å². The first kappa shape index (κ1) is 11.3. The summed E-state index contributed by atoms with van der Waals surface area (Å²) in [4.78, 5) is 0. The summed E-state index contributed by atoms with van der Waals surface area (Å²) in [6.45, 7) is 3.11. The Morgan fingerprint density at radius 3 is 2.78 bits per heavy atom. The van der Waals surface area contributed by atoms with E-state index in [9.17, 15) is 0 Å². The summed E-state index contributed by atoms with van der Waals surface area (Å²) in [6.07, 6.45) is 4.57. The molecule has 3 nitrogen and oxygen atoms in total. The molecule has 0 amide bonds. The maximum atomic E-state index is 4.44. The number of benzene rings is 1. The second-order valence-electron chi connectivity index (χ2n) is 5.08. The summed E-state index contributed by atoms with van der Waals surface area (Å²) >= 11 is 0. The van der Waals surface area contributed by atoms with Crippen LogP contribution in [0.4, 0.5) is 5.82 Å². The van der Waals surface area contributed by atoms with Crippen molar-refractivity contribution >= 4 is 5.82 Å². The lowest BCUT2D eigenvalue weighted by atomic mass is 10.2. The standard InChI is InChI=1S/C15H19N3/c1-12(14-7-8-14)18-15(9-10-17-18)16-11-13-5-3-2-4-6-13/h2-6,9-10,12,14,16H,7-8,11H2,1H3/t12-/m1/s1. The molecular weight excluding hydrogens is 222 g/mol. The van der Waals surface area contributed by atoms with Crippen LogP contribution < -0.4 is 5.32 Å². The van der Waals surface area contributed by atoms with Crippen LogP contribution in [-0.2, 0) is 6.54 Å². The highest BCUT2D eigenvalue weighted by molar-refractivity contribution is 5.36. The Morgan fingerprint density at radius 1 is 1.28 bits per heavy atom. The average Bonchev–Trinajstić information content (AvgIpc) is 3.15. The molecule has 1 aromatic carbocycles. The van der Waals surface area contributed by atoms with E-state index in [1.807, 2.05) is 12.3 Å². The largest absolute Gasteiger partial charge is 0.366 e. The maximum absolute atomic E-state index is 4.44. The van der Waals surface area contributed by atoms with Crippen molar-refractivity contribution in [3.8, 4) is 0 Å². The van der Waals surface area contributed by atoms with Gasteiger partial charge < -0.3 is 5.32 Å². The normalized spacial score (nSPS) is 16.5. The lowest BCUT2D eigenvalue weighted by Crippen LogP contribution is -2.13. The van der Waals surface area contributed by atoms with Crippen LogP contribution in [0.5, 0.6) is 0 Å². The highest BCUT2D eigenvalue weighted by Gasteiger charge is 2.30. The van der Waals surface area contributed by atoms with Crippen LogP contribution in [0.1, 0.15) is 31.4 Å². The van der Waals surface area contributed by atoms with E-state index in [-0.39, 0.29) is 0 Å². The lowest BCUT2D eigenvalue weighted by molar-refractivity contribution is 0.444. The summed E-state index contributed by atoms with van der Waals surface area (Å²) < 4.78 is 2.13. The monoisotopic (exact) mass is 241 g/mol. The van der Waals surface area contributed by atoms with Gasteiger partial charge >= 0.3 is 0 Å². The number of aromatic nitrogens is 2. The van der Waals surface area contributed by atoms with Crippen molar-refractivity contribution in [2.24, 2.45) is 5.92 Å². The van der Waals surface area contributed by atoms with Crippen molar-refractivity contribution in [1.29, 1.82) is 0 Å². The molecule has 1 N–H and O–H groups in total. The SMILES string of the molecule is C[C@H](C1CC1)n1nccc1NCc1ccccc1. The van der Waals surface area contributed by atoms with Crippen molar-refractivity contribution < 1.29 is 0 Å². The molecule has 1 aliphatic carbocycles. The first-order valence-corrected chi connectivity index (χ1v) is 6.66. The molecule has 94 valence electrons. The number of nitrogens with zero attached hydrogens (tertiary/aromatic N) is 2. The van der Waals surface area contributed by atoms with Crippen LogP contribution in [-0.4, -0.2) is 9.78 Å². The predicted octanol–water partition coefficient (Wildman–Crippen LogP) is 3.47. The Morgan fingerprint density at radius 2 is 2.06 bits per heavy atom. The molecule has 0 bridgehead atoms. The molecule has 0 unspecified atom stereocenters. The summed E-state index contributed by atoms with van der Waals surface area (Å²) in [5, 5.41) is 7.92. The first-order valence-electron chi connectivity index (χ1n) is 6.66. The average molecular weight is 241 g/mol. The van der Waals surface area contributed by atoms with E-state index in [1.54, 1.807) is 0 Å². The first-order chi connectivity index (χ1) is 8.84. The van der Waals surface area contributed by atoms with Gasteiger partial charge in [0.15, 0.2) is 0 Å². The van der Waals surface area contributed by atoms with Crippen molar-refractivity contribution in [3.05, 3.63) is 48.2 Å². The molecule has 1 fully saturated rings. The van der Waals surface area contributed by atoms with Crippen LogP contribution >= 0.6 is 0 Å². The summed E-state index contributed by atoms with van der Waals surface area (Å²) in [7, 11) is 0. The van der Waals surface area contributed by atoms with Crippen molar-refractivity contribution in [2.45, 2.75) is 32.4 Å². The molecule has 18 heavy (non-hydrogen) atoms. The zero-order valence-electron chi connectivity index (χ0n) is 10.7. The number of nitrogens with one attached hydrogen (secondary N) is 1. The van der Waals surface area contributed by atoms with Gasteiger partial charge in [-0.1, -0.05) is 30.3 Å². The minimum Gasteiger partial charge on any atom is -0.366 e. The van der Waals surface area contributed by atoms with Crippen molar-refractivity contribution in [3.63, 3.8) is 0 Å². The number of hydrogen-bond acceptors (Lipinski definition) is 2. The van der Waals surface area contributed by atoms with Crippen LogP contribution in [0, 0.1) is 5.92 Å². The third-order valence-corrected chi connectivity index (χ3v) is 3.68. The van der Waals surface area contributed by atoms with Crippen LogP contribution in [0.2, 0.25) is 0 Å². The van der Waals surface area contributed by atoms with E-state index in [0.717, 1.165) is 18.3 Å². The van der Waals surface area contributed by atoms with E-state index in [1.165, 1.54) is 18.4 Å². The third kappa shape index (κ3) is 2.40. The highest BCUT2D eigenvalue weighted by Crippen LogP contribution is 2.40. The van der Waals surface area contributed by atoms with Gasteiger partial charge in [0, 0.05) is 12.6 Å². The Kier molecular flexibility index (Phi) is 3.05. The van der Waals surface area contributed by atoms with Crippen LogP contribution in [0.25, 0.3) is 0 Å². The van der Waals surface area contributed by atoms with E-state index in [4.69, 9.17) is 0 Å². The third-order valence-electron chi connectivity index (χ3n) is 3.68.